The van der Waals surface area contributed by atoms with Crippen molar-refractivity contribution in [2.45, 2.75) is 33.6 Å². The average Bonchev–Trinajstić information content (AvgIpc) is 2.32. The topological polar surface area (TPSA) is 20.2 Å². The largest absolute Gasteiger partial charge is 0.513 e. The predicted octanol–water partition coefficient (Wildman–Crippen LogP) is 3.80. The Kier molecular flexibility index (Phi) is 4.22. The third-order valence-electron chi connectivity index (χ3n) is 2.62. The first kappa shape index (κ1) is 12.9. The second kappa shape index (κ2) is 5.24. The van der Waals surface area contributed by atoms with Crippen LogP contribution < -0.4 is 0 Å². The summed E-state index contributed by atoms with van der Waals surface area (Å²) in [5.41, 5.74) is 1.96. The molecule has 0 aromatic rings. The van der Waals surface area contributed by atoms with Crippen molar-refractivity contribution < 1.29 is 5.11 Å². The number of allylic oxidation sites excluding steroid dienone is 8. The summed E-state index contributed by atoms with van der Waals surface area (Å²) in [7, 11) is 5.91. The number of rotatable bonds is 3. The van der Waals surface area contributed by atoms with E-state index >= 15 is 0 Å². The fourth-order valence-corrected chi connectivity index (χ4v) is 1.68. The van der Waals surface area contributed by atoms with Gasteiger partial charge in [0.05, 0.1) is 5.76 Å². The van der Waals surface area contributed by atoms with Gasteiger partial charge in [-0.2, -0.15) is 0 Å². The molecule has 2 heteroatoms. The molecule has 0 aromatic carbocycles. The van der Waals surface area contributed by atoms with Crippen LogP contribution in [-0.4, -0.2) is 13.0 Å². The summed E-state index contributed by atoms with van der Waals surface area (Å²) < 4.78 is 0. The van der Waals surface area contributed by atoms with Crippen molar-refractivity contribution >= 4 is 7.85 Å². The van der Waals surface area contributed by atoms with Crippen molar-refractivity contribution in [1.82, 2.24) is 0 Å². The number of aliphatic hydroxyl groups excluding tert-OH is 1. The molecule has 0 fully saturated rings. The van der Waals surface area contributed by atoms with Gasteiger partial charge in [0, 0.05) is 11.8 Å². The molecule has 1 rings (SSSR count). The van der Waals surface area contributed by atoms with E-state index in [0.717, 1.165) is 17.5 Å². The molecular formula is C14H19BO. The van der Waals surface area contributed by atoms with Crippen LogP contribution in [-0.2, 0) is 0 Å². The Hall–Kier alpha value is -1.18. The number of aliphatic hydroxyl groups is 1. The fourth-order valence-electron chi connectivity index (χ4n) is 1.68. The van der Waals surface area contributed by atoms with Gasteiger partial charge in [0.25, 0.3) is 0 Å². The smallest absolute Gasteiger partial charge is 0.113 e. The molecule has 0 heterocycles. The zero-order valence-electron chi connectivity index (χ0n) is 10.3. The quantitative estimate of drug-likeness (QED) is 0.559. The van der Waals surface area contributed by atoms with E-state index < -0.39 is 0 Å². The zero-order chi connectivity index (χ0) is 12.2. The molecule has 0 aromatic heterocycles. The van der Waals surface area contributed by atoms with Crippen LogP contribution in [0.4, 0.5) is 0 Å². The van der Waals surface area contributed by atoms with E-state index in [1.807, 2.05) is 19.1 Å². The second-order valence-corrected chi connectivity index (χ2v) is 4.80. The molecule has 0 saturated heterocycles. The van der Waals surface area contributed by atoms with Crippen LogP contribution >= 0.6 is 0 Å². The fraction of sp³-hybridized carbons (Fsp3) is 0.429. The minimum atomic E-state index is 0.00493. The van der Waals surface area contributed by atoms with Crippen LogP contribution in [0.5, 0.6) is 0 Å². The molecule has 1 N–H and O–H groups in total. The molecule has 0 saturated carbocycles. The van der Waals surface area contributed by atoms with Crippen molar-refractivity contribution in [3.63, 3.8) is 0 Å². The van der Waals surface area contributed by atoms with Gasteiger partial charge >= 0.3 is 0 Å². The Morgan fingerprint density at radius 3 is 2.81 bits per heavy atom. The number of hydrogen-bond donors (Lipinski definition) is 1. The average molecular weight is 214 g/mol. The van der Waals surface area contributed by atoms with E-state index in [-0.39, 0.29) is 5.41 Å². The summed E-state index contributed by atoms with van der Waals surface area (Å²) in [6.45, 7) is 6.08. The number of hydrogen-bond acceptors (Lipinski definition) is 1. The van der Waals surface area contributed by atoms with Gasteiger partial charge in [0.15, 0.2) is 0 Å². The lowest BCUT2D eigenvalue weighted by Gasteiger charge is -2.14. The van der Waals surface area contributed by atoms with Gasteiger partial charge in [-0.25, -0.2) is 0 Å². The van der Waals surface area contributed by atoms with E-state index in [9.17, 15) is 5.11 Å². The van der Waals surface area contributed by atoms with Crippen LogP contribution in [0.1, 0.15) is 33.6 Å². The van der Waals surface area contributed by atoms with E-state index in [1.165, 1.54) is 0 Å². The maximum Gasteiger partial charge on any atom is 0.113 e. The van der Waals surface area contributed by atoms with Crippen LogP contribution in [0, 0.1) is 5.41 Å². The van der Waals surface area contributed by atoms with Crippen molar-refractivity contribution in [3.05, 3.63) is 47.2 Å². The Bertz CT molecular complexity index is 370. The molecule has 0 spiro atoms. The van der Waals surface area contributed by atoms with E-state index in [4.69, 9.17) is 7.85 Å². The molecule has 0 atom stereocenters. The summed E-state index contributed by atoms with van der Waals surface area (Å²) in [6.07, 6.45) is 11.5. The van der Waals surface area contributed by atoms with Crippen molar-refractivity contribution in [2.75, 3.05) is 0 Å². The van der Waals surface area contributed by atoms with Gasteiger partial charge in [-0.3, -0.25) is 0 Å². The molecule has 0 aliphatic heterocycles. The highest BCUT2D eigenvalue weighted by Crippen LogP contribution is 2.26. The lowest BCUT2D eigenvalue weighted by atomic mass is 9.85. The molecular weight excluding hydrogens is 195 g/mol. The van der Waals surface area contributed by atoms with Gasteiger partial charge < -0.3 is 5.11 Å². The Labute approximate surface area is 99.7 Å². The monoisotopic (exact) mass is 214 g/mol. The molecule has 0 amide bonds. The summed E-state index contributed by atoms with van der Waals surface area (Å²) >= 11 is 0. The molecule has 1 nitrogen and oxygen atoms in total. The maximum absolute atomic E-state index is 9.39. The highest BCUT2D eigenvalue weighted by molar-refractivity contribution is 6.23. The molecule has 0 bridgehead atoms. The first-order valence-electron chi connectivity index (χ1n) is 5.65. The summed E-state index contributed by atoms with van der Waals surface area (Å²) in [5, 5.41) is 9.39. The molecule has 16 heavy (non-hydrogen) atoms. The maximum atomic E-state index is 9.39. The lowest BCUT2D eigenvalue weighted by molar-refractivity contribution is 0.387. The highest BCUT2D eigenvalue weighted by atomic mass is 16.3. The SMILES string of the molecule is [B]C1=CC(C)(C)C=CC(CCC(O)=CC)=C1. The molecule has 84 valence electrons. The highest BCUT2D eigenvalue weighted by Gasteiger charge is 2.12. The first-order chi connectivity index (χ1) is 7.43. The second-order valence-electron chi connectivity index (χ2n) is 4.80. The third-order valence-corrected chi connectivity index (χ3v) is 2.62. The molecule has 2 radical (unpaired) electrons. The summed E-state index contributed by atoms with van der Waals surface area (Å²) in [6, 6.07) is 0. The van der Waals surface area contributed by atoms with Gasteiger partial charge in [0.2, 0.25) is 0 Å². The van der Waals surface area contributed by atoms with Crippen molar-refractivity contribution in [3.8, 4) is 0 Å². The van der Waals surface area contributed by atoms with Crippen LogP contribution in [0.15, 0.2) is 47.2 Å². The lowest BCUT2D eigenvalue weighted by Crippen LogP contribution is -2.02. The standard InChI is InChI=1S/C14H19BO/c1-4-13(16)6-5-11-7-8-14(2,3)10-12(15)9-11/h4,7-10,16H,5-6H2,1-3H3. The van der Waals surface area contributed by atoms with E-state index in [2.05, 4.69) is 26.0 Å². The van der Waals surface area contributed by atoms with Crippen LogP contribution in [0.2, 0.25) is 0 Å². The van der Waals surface area contributed by atoms with Crippen LogP contribution in [0.3, 0.4) is 0 Å². The Morgan fingerprint density at radius 2 is 2.19 bits per heavy atom. The van der Waals surface area contributed by atoms with E-state index in [1.54, 1.807) is 6.08 Å². The molecule has 1 aliphatic rings. The molecule has 1 aliphatic carbocycles. The third kappa shape index (κ3) is 4.14. The minimum absolute atomic E-state index is 0.00493. The van der Waals surface area contributed by atoms with Gasteiger partial charge in [-0.1, -0.05) is 43.6 Å². The summed E-state index contributed by atoms with van der Waals surface area (Å²) in [4.78, 5) is 0. The normalized spacial score (nSPS) is 20.1. The molecule has 0 unspecified atom stereocenters. The van der Waals surface area contributed by atoms with Gasteiger partial charge in [-0.05, 0) is 25.0 Å². The van der Waals surface area contributed by atoms with Crippen molar-refractivity contribution in [2.24, 2.45) is 5.41 Å². The van der Waals surface area contributed by atoms with Crippen molar-refractivity contribution in [1.29, 1.82) is 0 Å². The van der Waals surface area contributed by atoms with E-state index in [0.29, 0.717) is 12.2 Å². The first-order valence-corrected chi connectivity index (χ1v) is 5.65. The predicted molar refractivity (Wildman–Crippen MR) is 70.5 cm³/mol. The zero-order valence-corrected chi connectivity index (χ0v) is 10.3. The minimum Gasteiger partial charge on any atom is -0.513 e. The Morgan fingerprint density at radius 1 is 1.50 bits per heavy atom. The van der Waals surface area contributed by atoms with Gasteiger partial charge in [0.1, 0.15) is 7.85 Å². The van der Waals surface area contributed by atoms with Crippen LogP contribution in [0.25, 0.3) is 0 Å². The Balaban J connectivity index is 2.73. The van der Waals surface area contributed by atoms with Gasteiger partial charge in [-0.15, -0.1) is 0 Å². The summed E-state index contributed by atoms with van der Waals surface area (Å²) in [5.74, 6) is 0.431.